The molecule has 140 valence electrons. The number of para-hydroxylation sites is 1. The summed E-state index contributed by atoms with van der Waals surface area (Å²) in [6.45, 7) is 1.83. The molecule has 0 aliphatic heterocycles. The van der Waals surface area contributed by atoms with E-state index in [1.54, 1.807) is 43.3 Å². The van der Waals surface area contributed by atoms with Crippen LogP contribution in [0.4, 0.5) is 5.82 Å². The van der Waals surface area contributed by atoms with E-state index in [2.05, 4.69) is 25.8 Å². The van der Waals surface area contributed by atoms with Gasteiger partial charge in [0.05, 0.1) is 23.4 Å². The van der Waals surface area contributed by atoms with Gasteiger partial charge in [0.15, 0.2) is 5.82 Å². The molecule has 0 amide bonds. The van der Waals surface area contributed by atoms with Gasteiger partial charge in [-0.05, 0) is 43.3 Å². The summed E-state index contributed by atoms with van der Waals surface area (Å²) in [7, 11) is -3.94. The summed E-state index contributed by atoms with van der Waals surface area (Å²) in [4.78, 5) is 12.3. The Morgan fingerprint density at radius 3 is 2.44 bits per heavy atom. The molecule has 0 spiro atoms. The van der Waals surface area contributed by atoms with Gasteiger partial charge in [-0.15, -0.1) is 0 Å². The molecule has 0 atom stereocenters. The molecule has 0 saturated heterocycles. The molecule has 0 saturated carbocycles. The maximum absolute atomic E-state index is 12.8. The van der Waals surface area contributed by atoms with E-state index in [1.165, 1.54) is 23.0 Å². The highest BCUT2D eigenvalue weighted by Crippen LogP contribution is 2.25. The van der Waals surface area contributed by atoms with Crippen molar-refractivity contribution in [2.45, 2.75) is 11.8 Å². The molecule has 9 heteroatoms. The van der Waals surface area contributed by atoms with Gasteiger partial charge in [0.1, 0.15) is 5.56 Å². The number of benzene rings is 2. The maximum Gasteiger partial charge on any atom is 0.343 e. The van der Waals surface area contributed by atoms with Crippen molar-refractivity contribution >= 4 is 37.7 Å². The van der Waals surface area contributed by atoms with Crippen molar-refractivity contribution in [2.75, 3.05) is 11.3 Å². The van der Waals surface area contributed by atoms with Gasteiger partial charge in [0, 0.05) is 4.47 Å². The highest BCUT2D eigenvalue weighted by Gasteiger charge is 2.24. The minimum Gasteiger partial charge on any atom is -0.462 e. The van der Waals surface area contributed by atoms with Crippen LogP contribution in [0.1, 0.15) is 17.3 Å². The number of hydrogen-bond donors (Lipinski definition) is 1. The van der Waals surface area contributed by atoms with Gasteiger partial charge in [0.25, 0.3) is 10.0 Å². The Balaban J connectivity index is 2.07. The lowest BCUT2D eigenvalue weighted by atomic mass is 10.3. The Hall–Kier alpha value is -2.65. The van der Waals surface area contributed by atoms with Gasteiger partial charge in [-0.3, -0.25) is 4.72 Å². The van der Waals surface area contributed by atoms with Gasteiger partial charge in [-0.1, -0.05) is 34.1 Å². The molecule has 0 aliphatic carbocycles. The number of esters is 1. The second kappa shape index (κ2) is 7.93. The van der Waals surface area contributed by atoms with Crippen molar-refractivity contribution in [3.63, 3.8) is 0 Å². The van der Waals surface area contributed by atoms with Crippen LogP contribution in [0.3, 0.4) is 0 Å². The fourth-order valence-electron chi connectivity index (χ4n) is 2.37. The Morgan fingerprint density at radius 1 is 1.15 bits per heavy atom. The predicted molar refractivity (Wildman–Crippen MR) is 104 cm³/mol. The van der Waals surface area contributed by atoms with E-state index in [0.29, 0.717) is 5.69 Å². The third-order valence-electron chi connectivity index (χ3n) is 3.62. The Bertz CT molecular complexity index is 1050. The molecule has 1 heterocycles. The largest absolute Gasteiger partial charge is 0.462 e. The molecule has 0 bridgehead atoms. The summed E-state index contributed by atoms with van der Waals surface area (Å²) in [5.74, 6) is -0.643. The summed E-state index contributed by atoms with van der Waals surface area (Å²) >= 11 is 3.27. The van der Waals surface area contributed by atoms with Crippen LogP contribution in [0.25, 0.3) is 5.69 Å². The molecule has 2 aromatic carbocycles. The number of rotatable bonds is 6. The Morgan fingerprint density at radius 2 is 1.81 bits per heavy atom. The van der Waals surface area contributed by atoms with Crippen LogP contribution in [0.5, 0.6) is 0 Å². The van der Waals surface area contributed by atoms with Crippen molar-refractivity contribution in [2.24, 2.45) is 0 Å². The monoisotopic (exact) mass is 449 g/mol. The first-order chi connectivity index (χ1) is 12.9. The molecule has 0 radical (unpaired) electrons. The molecular formula is C18H16BrN3O4S. The smallest absolute Gasteiger partial charge is 0.343 e. The number of nitrogens with one attached hydrogen (secondary N) is 1. The average Bonchev–Trinajstić information content (AvgIpc) is 3.06. The number of anilines is 1. The van der Waals surface area contributed by atoms with Crippen molar-refractivity contribution in [3.05, 3.63) is 70.8 Å². The van der Waals surface area contributed by atoms with E-state index in [0.717, 1.165) is 4.47 Å². The fourth-order valence-corrected chi connectivity index (χ4v) is 3.70. The normalized spacial score (nSPS) is 11.2. The zero-order chi connectivity index (χ0) is 19.4. The number of carbonyl (C=O) groups excluding carboxylic acids is 1. The van der Waals surface area contributed by atoms with Crippen LogP contribution in [0.2, 0.25) is 0 Å². The number of sulfonamides is 1. The van der Waals surface area contributed by atoms with Crippen LogP contribution >= 0.6 is 15.9 Å². The summed E-state index contributed by atoms with van der Waals surface area (Å²) < 4.78 is 35.2. The highest BCUT2D eigenvalue weighted by atomic mass is 79.9. The Labute approximate surface area is 165 Å². The van der Waals surface area contributed by atoms with Gasteiger partial charge >= 0.3 is 5.97 Å². The highest BCUT2D eigenvalue weighted by molar-refractivity contribution is 9.10. The van der Waals surface area contributed by atoms with E-state index in [1.807, 2.05) is 6.07 Å². The van der Waals surface area contributed by atoms with Crippen LogP contribution in [-0.2, 0) is 14.8 Å². The summed E-state index contributed by atoms with van der Waals surface area (Å²) in [5, 5.41) is 4.16. The predicted octanol–water partition coefficient (Wildman–Crippen LogP) is 3.61. The van der Waals surface area contributed by atoms with E-state index in [9.17, 15) is 13.2 Å². The topological polar surface area (TPSA) is 90.3 Å². The molecule has 1 N–H and O–H groups in total. The van der Waals surface area contributed by atoms with E-state index >= 15 is 0 Å². The third kappa shape index (κ3) is 4.20. The lowest BCUT2D eigenvalue weighted by Crippen LogP contribution is -2.18. The lowest BCUT2D eigenvalue weighted by molar-refractivity contribution is 0.0527. The summed E-state index contributed by atoms with van der Waals surface area (Å²) in [6.07, 6.45) is 1.28. The second-order valence-electron chi connectivity index (χ2n) is 5.43. The summed E-state index contributed by atoms with van der Waals surface area (Å²) in [6, 6.07) is 15.1. The van der Waals surface area contributed by atoms with Gasteiger partial charge < -0.3 is 4.74 Å². The number of carbonyl (C=O) groups is 1. The molecule has 0 unspecified atom stereocenters. The molecule has 3 rings (SSSR count). The van der Waals surface area contributed by atoms with Gasteiger partial charge in [-0.2, -0.15) is 5.10 Å². The molecule has 0 fully saturated rings. The zero-order valence-corrected chi connectivity index (χ0v) is 16.7. The van der Waals surface area contributed by atoms with Crippen molar-refractivity contribution < 1.29 is 17.9 Å². The molecule has 7 nitrogen and oxygen atoms in total. The second-order valence-corrected chi connectivity index (χ2v) is 8.03. The van der Waals surface area contributed by atoms with Crippen LogP contribution in [0, 0.1) is 0 Å². The van der Waals surface area contributed by atoms with Crippen LogP contribution in [0.15, 0.2) is 70.2 Å². The first kappa shape index (κ1) is 19.1. The van der Waals surface area contributed by atoms with E-state index in [4.69, 9.17) is 4.74 Å². The Kier molecular flexibility index (Phi) is 5.62. The van der Waals surface area contributed by atoms with E-state index in [-0.39, 0.29) is 22.9 Å². The fraction of sp³-hybridized carbons (Fsp3) is 0.111. The van der Waals surface area contributed by atoms with Crippen molar-refractivity contribution in [1.29, 1.82) is 0 Å². The standard InChI is InChI=1S/C18H16BrN3O4S/c1-2-26-18(23)16-12-20-22(14-6-4-3-5-7-14)17(16)21-27(24,25)15-10-8-13(19)9-11-15/h3-12,21H,2H2,1H3. The molecule has 0 aliphatic rings. The summed E-state index contributed by atoms with van der Waals surface area (Å²) in [5.41, 5.74) is 0.628. The minimum atomic E-state index is -3.94. The zero-order valence-electron chi connectivity index (χ0n) is 14.3. The number of nitrogens with zero attached hydrogens (tertiary/aromatic N) is 2. The number of aromatic nitrogens is 2. The molecule has 3 aromatic rings. The minimum absolute atomic E-state index is 0.0163. The first-order valence-electron chi connectivity index (χ1n) is 8.01. The van der Waals surface area contributed by atoms with Crippen LogP contribution < -0.4 is 4.72 Å². The molecule has 27 heavy (non-hydrogen) atoms. The molecular weight excluding hydrogens is 434 g/mol. The maximum atomic E-state index is 12.8. The van der Waals surface area contributed by atoms with E-state index < -0.39 is 16.0 Å². The SMILES string of the molecule is CCOC(=O)c1cnn(-c2ccccc2)c1NS(=O)(=O)c1ccc(Br)cc1. The van der Waals surface area contributed by atoms with Gasteiger partial charge in [-0.25, -0.2) is 17.9 Å². The molecule has 1 aromatic heterocycles. The quantitative estimate of drug-likeness (QED) is 0.580. The number of hydrogen-bond acceptors (Lipinski definition) is 5. The number of ether oxygens (including phenoxy) is 1. The van der Waals surface area contributed by atoms with Crippen molar-refractivity contribution in [3.8, 4) is 5.69 Å². The average molecular weight is 450 g/mol. The lowest BCUT2D eigenvalue weighted by Gasteiger charge is -2.12. The van der Waals surface area contributed by atoms with Crippen molar-refractivity contribution in [1.82, 2.24) is 9.78 Å². The first-order valence-corrected chi connectivity index (χ1v) is 10.3. The van der Waals surface area contributed by atoms with Gasteiger partial charge in [0.2, 0.25) is 0 Å². The number of halogens is 1. The third-order valence-corrected chi connectivity index (χ3v) is 5.50. The van der Waals surface area contributed by atoms with Crippen LogP contribution in [-0.4, -0.2) is 30.8 Å².